The zero-order valence-electron chi connectivity index (χ0n) is 12.0. The van der Waals surface area contributed by atoms with Crippen LogP contribution in [0.15, 0.2) is 43.0 Å². The number of imidazole rings is 1. The lowest BCUT2D eigenvalue weighted by Crippen LogP contribution is -2.04. The predicted molar refractivity (Wildman–Crippen MR) is 91.8 cm³/mol. The van der Waals surface area contributed by atoms with Gasteiger partial charge in [0.1, 0.15) is 0 Å². The van der Waals surface area contributed by atoms with Gasteiger partial charge in [0.25, 0.3) is 0 Å². The van der Waals surface area contributed by atoms with Gasteiger partial charge in [-0.1, -0.05) is 11.6 Å². The number of carbonyl (C=O) groups excluding carboxylic acids is 1. The second-order valence-corrected chi connectivity index (χ2v) is 6.59. The number of thioether (sulfide) groups is 1. The number of ketones is 1. The Morgan fingerprint density at radius 2 is 2.27 bits per heavy atom. The average Bonchev–Trinajstić information content (AvgIpc) is 3.15. The summed E-state index contributed by atoms with van der Waals surface area (Å²) in [6, 6.07) is 7.45. The van der Waals surface area contributed by atoms with E-state index in [1.165, 1.54) is 0 Å². The van der Waals surface area contributed by atoms with Crippen LogP contribution in [0.1, 0.15) is 16.9 Å². The summed E-state index contributed by atoms with van der Waals surface area (Å²) in [7, 11) is 0. The predicted octanol–water partition coefficient (Wildman–Crippen LogP) is 4.02. The fraction of sp³-hybridized carbons (Fsp3) is 0.250. The molecule has 0 atom stereocenters. The molecule has 0 fully saturated rings. The Kier molecular flexibility index (Phi) is 4.85. The highest BCUT2D eigenvalue weighted by Crippen LogP contribution is 2.21. The lowest BCUT2D eigenvalue weighted by atomic mass is 10.2. The smallest absolute Gasteiger partial charge is 0.188 e. The molecule has 0 saturated heterocycles. The number of Topliss-reactive ketones (excluding diaryl/α,β-unsaturated/α-hetero) is 1. The van der Waals surface area contributed by atoms with E-state index in [-0.39, 0.29) is 5.78 Å². The molecule has 114 valence electrons. The molecule has 3 rings (SSSR count). The molecule has 1 N–H and O–H groups in total. The second kappa shape index (κ2) is 7.03. The van der Waals surface area contributed by atoms with E-state index < -0.39 is 0 Å². The van der Waals surface area contributed by atoms with Crippen molar-refractivity contribution < 1.29 is 4.79 Å². The molecule has 6 heteroatoms. The third-order valence-electron chi connectivity index (χ3n) is 3.38. The Labute approximate surface area is 137 Å². The first-order valence-electron chi connectivity index (χ1n) is 7.07. The maximum Gasteiger partial charge on any atom is 0.188 e. The molecule has 4 nitrogen and oxygen atoms in total. The summed E-state index contributed by atoms with van der Waals surface area (Å²) in [6.45, 7) is 0.937. The van der Waals surface area contributed by atoms with Gasteiger partial charge >= 0.3 is 0 Å². The van der Waals surface area contributed by atoms with E-state index in [0.717, 1.165) is 29.6 Å². The van der Waals surface area contributed by atoms with E-state index in [1.807, 2.05) is 41.4 Å². The topological polar surface area (TPSA) is 50.7 Å². The van der Waals surface area contributed by atoms with Crippen molar-refractivity contribution in [2.75, 3.05) is 11.5 Å². The van der Waals surface area contributed by atoms with Crippen LogP contribution in [0.3, 0.4) is 0 Å². The minimum atomic E-state index is 0.125. The number of hydrogen-bond donors (Lipinski definition) is 1. The van der Waals surface area contributed by atoms with Crippen LogP contribution in [0.4, 0.5) is 0 Å². The minimum absolute atomic E-state index is 0.125. The third kappa shape index (κ3) is 3.72. The van der Waals surface area contributed by atoms with Crippen molar-refractivity contribution in [2.45, 2.75) is 13.0 Å². The molecule has 0 bridgehead atoms. The molecule has 0 aliphatic carbocycles. The summed E-state index contributed by atoms with van der Waals surface area (Å²) >= 11 is 7.62. The van der Waals surface area contributed by atoms with E-state index in [0.29, 0.717) is 16.5 Å². The number of aromatic nitrogens is 3. The van der Waals surface area contributed by atoms with Gasteiger partial charge in [-0.15, -0.1) is 0 Å². The summed E-state index contributed by atoms with van der Waals surface area (Å²) in [4.78, 5) is 19.3. The molecule has 0 amide bonds. The highest BCUT2D eigenvalue weighted by Gasteiger charge is 2.09. The monoisotopic (exact) mass is 333 g/mol. The zero-order valence-corrected chi connectivity index (χ0v) is 13.5. The summed E-state index contributed by atoms with van der Waals surface area (Å²) in [5.74, 6) is 1.57. The van der Waals surface area contributed by atoms with Crippen LogP contribution < -0.4 is 0 Å². The third-order valence-corrected chi connectivity index (χ3v) is 4.66. The highest BCUT2D eigenvalue weighted by molar-refractivity contribution is 7.99. The van der Waals surface area contributed by atoms with Crippen LogP contribution in [-0.2, 0) is 6.54 Å². The number of hydrogen-bond acceptors (Lipinski definition) is 3. The fourth-order valence-corrected chi connectivity index (χ4v) is 3.26. The fourth-order valence-electron chi connectivity index (χ4n) is 2.26. The van der Waals surface area contributed by atoms with E-state index in [2.05, 4.69) is 9.97 Å². The van der Waals surface area contributed by atoms with Crippen LogP contribution in [0.25, 0.3) is 10.9 Å². The van der Waals surface area contributed by atoms with E-state index >= 15 is 0 Å². The highest BCUT2D eigenvalue weighted by atomic mass is 35.5. The van der Waals surface area contributed by atoms with Gasteiger partial charge in [-0.05, 0) is 36.4 Å². The van der Waals surface area contributed by atoms with Crippen molar-refractivity contribution in [3.63, 3.8) is 0 Å². The lowest BCUT2D eigenvalue weighted by Gasteiger charge is -2.02. The Morgan fingerprint density at radius 3 is 3.09 bits per heavy atom. The summed E-state index contributed by atoms with van der Waals surface area (Å²) in [6.07, 6.45) is 6.56. The molecule has 0 unspecified atom stereocenters. The first-order valence-corrected chi connectivity index (χ1v) is 8.60. The maximum absolute atomic E-state index is 12.2. The van der Waals surface area contributed by atoms with Gasteiger partial charge in [-0.3, -0.25) is 4.79 Å². The number of nitrogens with zero attached hydrogens (tertiary/aromatic N) is 2. The second-order valence-electron chi connectivity index (χ2n) is 5.04. The lowest BCUT2D eigenvalue weighted by molar-refractivity contribution is 0.101. The van der Waals surface area contributed by atoms with Crippen LogP contribution in [0.2, 0.25) is 5.02 Å². The number of halogens is 1. The molecule has 1 aromatic carbocycles. The van der Waals surface area contributed by atoms with Gasteiger partial charge in [0.15, 0.2) is 5.78 Å². The van der Waals surface area contributed by atoms with Crippen molar-refractivity contribution >= 4 is 40.0 Å². The largest absolute Gasteiger partial charge is 0.352 e. The molecular weight excluding hydrogens is 318 g/mol. The Hall–Kier alpha value is -1.72. The average molecular weight is 334 g/mol. The summed E-state index contributed by atoms with van der Waals surface area (Å²) < 4.78 is 2.05. The number of fused-ring (bicyclic) bond motifs is 1. The van der Waals surface area contributed by atoms with Gasteiger partial charge in [0.2, 0.25) is 0 Å². The summed E-state index contributed by atoms with van der Waals surface area (Å²) in [5.41, 5.74) is 1.59. The van der Waals surface area contributed by atoms with E-state index in [9.17, 15) is 4.79 Å². The Balaban J connectivity index is 1.48. The first kappa shape index (κ1) is 15.2. The van der Waals surface area contributed by atoms with Crippen LogP contribution in [0, 0.1) is 0 Å². The number of carbonyl (C=O) groups is 1. The Bertz CT molecular complexity index is 767. The number of aromatic amines is 1. The maximum atomic E-state index is 12.2. The number of nitrogens with one attached hydrogen (secondary N) is 1. The van der Waals surface area contributed by atoms with Crippen molar-refractivity contribution in [2.24, 2.45) is 0 Å². The summed E-state index contributed by atoms with van der Waals surface area (Å²) in [5, 5.41) is 1.65. The van der Waals surface area contributed by atoms with Crippen LogP contribution in [0.5, 0.6) is 0 Å². The minimum Gasteiger partial charge on any atom is -0.352 e. The molecule has 0 aliphatic heterocycles. The molecule has 0 spiro atoms. The number of aryl methyl sites for hydroxylation is 1. The van der Waals surface area contributed by atoms with Gasteiger partial charge in [-0.2, -0.15) is 11.8 Å². The molecule has 3 aromatic rings. The van der Waals surface area contributed by atoms with Crippen molar-refractivity contribution in [1.82, 2.24) is 14.5 Å². The van der Waals surface area contributed by atoms with Crippen LogP contribution in [-0.4, -0.2) is 31.8 Å². The van der Waals surface area contributed by atoms with E-state index in [1.54, 1.807) is 18.0 Å². The molecule has 0 radical (unpaired) electrons. The number of rotatable bonds is 7. The number of H-pyrrole nitrogens is 1. The molecular formula is C16H16ClN3OS. The quantitative estimate of drug-likeness (QED) is 0.524. The van der Waals surface area contributed by atoms with Crippen molar-refractivity contribution in [1.29, 1.82) is 0 Å². The molecule has 2 heterocycles. The van der Waals surface area contributed by atoms with Gasteiger partial charge < -0.3 is 9.55 Å². The van der Waals surface area contributed by atoms with Gasteiger partial charge in [0, 0.05) is 34.9 Å². The van der Waals surface area contributed by atoms with Crippen molar-refractivity contribution in [3.8, 4) is 0 Å². The SMILES string of the molecule is O=C(CSCCCn1ccnc1)c1cc2cc(Cl)ccc2[nH]1. The molecule has 22 heavy (non-hydrogen) atoms. The zero-order chi connectivity index (χ0) is 15.4. The first-order chi connectivity index (χ1) is 10.7. The number of benzene rings is 1. The van der Waals surface area contributed by atoms with Gasteiger partial charge in [-0.25, -0.2) is 4.98 Å². The molecule has 2 aromatic heterocycles. The Morgan fingerprint density at radius 1 is 1.36 bits per heavy atom. The molecule has 0 aliphatic rings. The molecule has 0 saturated carbocycles. The van der Waals surface area contributed by atoms with Crippen LogP contribution >= 0.6 is 23.4 Å². The van der Waals surface area contributed by atoms with Crippen molar-refractivity contribution in [3.05, 3.63) is 53.7 Å². The normalized spacial score (nSPS) is 11.1. The standard InChI is InChI=1S/C16H16ClN3OS/c17-13-2-3-14-12(8-13)9-15(19-14)16(21)10-22-7-1-5-20-6-4-18-11-20/h2-4,6,8-9,11,19H,1,5,7,10H2. The van der Waals surface area contributed by atoms with Gasteiger partial charge in [0.05, 0.1) is 17.8 Å². The van der Waals surface area contributed by atoms with E-state index in [4.69, 9.17) is 11.6 Å².